The molecule has 54 valence electrons. The summed E-state index contributed by atoms with van der Waals surface area (Å²) in [6.07, 6.45) is 3.26. The van der Waals surface area contributed by atoms with Gasteiger partial charge in [-0.3, -0.25) is 9.99 Å². The summed E-state index contributed by atoms with van der Waals surface area (Å²) in [5.41, 5.74) is 0.840. The van der Waals surface area contributed by atoms with Crippen LogP contribution in [0.3, 0.4) is 0 Å². The minimum Gasteiger partial charge on any atom is -0.296 e. The number of hydrazine groups is 1. The first-order chi connectivity index (χ1) is 4.72. The third kappa shape index (κ3) is 1.22. The van der Waals surface area contributed by atoms with Gasteiger partial charge in [0.2, 0.25) is 0 Å². The van der Waals surface area contributed by atoms with Crippen molar-refractivity contribution in [1.29, 1.82) is 0 Å². The summed E-state index contributed by atoms with van der Waals surface area (Å²) < 4.78 is 0. The van der Waals surface area contributed by atoms with Gasteiger partial charge in [-0.1, -0.05) is 0 Å². The van der Waals surface area contributed by atoms with E-state index in [0.717, 1.165) is 5.69 Å². The van der Waals surface area contributed by atoms with E-state index in [1.54, 1.807) is 19.4 Å². The number of hydrogen-bond acceptors (Lipinski definition) is 4. The molecule has 0 aliphatic heterocycles. The number of nitrogens with zero attached hydrogens (tertiary/aromatic N) is 3. The lowest BCUT2D eigenvalue weighted by molar-refractivity contribution is 0.941. The molecule has 1 rings (SSSR count). The number of aromatic nitrogens is 2. The second-order valence-corrected chi connectivity index (χ2v) is 2.08. The van der Waals surface area contributed by atoms with Gasteiger partial charge in [-0.2, -0.15) is 0 Å². The number of aryl methyl sites for hydroxylation is 1. The summed E-state index contributed by atoms with van der Waals surface area (Å²) in [4.78, 5) is 8.03. The summed E-state index contributed by atoms with van der Waals surface area (Å²) >= 11 is 0. The normalized spacial score (nSPS) is 9.50. The Morgan fingerprint density at radius 1 is 1.40 bits per heavy atom. The monoisotopic (exact) mass is 138 g/mol. The van der Waals surface area contributed by atoms with Crippen molar-refractivity contribution in [2.24, 2.45) is 5.84 Å². The summed E-state index contributed by atoms with van der Waals surface area (Å²) in [5.74, 6) is 6.16. The van der Waals surface area contributed by atoms with E-state index in [2.05, 4.69) is 9.97 Å². The third-order valence-corrected chi connectivity index (χ3v) is 1.19. The van der Waals surface area contributed by atoms with Crippen LogP contribution in [-0.4, -0.2) is 17.0 Å². The average molecular weight is 138 g/mol. The molecule has 0 spiro atoms. The first-order valence-electron chi connectivity index (χ1n) is 2.98. The van der Waals surface area contributed by atoms with Crippen molar-refractivity contribution in [3.63, 3.8) is 0 Å². The van der Waals surface area contributed by atoms with E-state index in [9.17, 15) is 0 Å². The van der Waals surface area contributed by atoms with Crippen molar-refractivity contribution >= 4 is 5.82 Å². The molecule has 0 aromatic carbocycles. The van der Waals surface area contributed by atoms with Gasteiger partial charge in [-0.25, -0.2) is 10.8 Å². The molecule has 0 unspecified atom stereocenters. The van der Waals surface area contributed by atoms with E-state index in [0.29, 0.717) is 5.82 Å². The van der Waals surface area contributed by atoms with Crippen molar-refractivity contribution in [2.45, 2.75) is 6.92 Å². The van der Waals surface area contributed by atoms with Gasteiger partial charge in [-0.05, 0) is 6.92 Å². The number of nitrogens with two attached hydrogens (primary N) is 1. The highest BCUT2D eigenvalue weighted by Gasteiger charge is 1.99. The topological polar surface area (TPSA) is 55.0 Å². The molecule has 0 saturated carbocycles. The molecule has 0 aliphatic rings. The minimum absolute atomic E-state index is 0.711. The van der Waals surface area contributed by atoms with Gasteiger partial charge in [0.25, 0.3) is 0 Å². The van der Waals surface area contributed by atoms with Crippen molar-refractivity contribution in [3.05, 3.63) is 18.1 Å². The van der Waals surface area contributed by atoms with Crippen LogP contribution in [-0.2, 0) is 0 Å². The first-order valence-corrected chi connectivity index (χ1v) is 2.98. The highest BCUT2D eigenvalue weighted by atomic mass is 15.4. The molecule has 0 saturated heterocycles. The number of anilines is 1. The molecule has 1 aromatic heterocycles. The van der Waals surface area contributed by atoms with Crippen molar-refractivity contribution in [1.82, 2.24) is 9.97 Å². The van der Waals surface area contributed by atoms with Gasteiger partial charge in [-0.15, -0.1) is 0 Å². The van der Waals surface area contributed by atoms with Crippen LogP contribution in [0.15, 0.2) is 12.4 Å². The van der Waals surface area contributed by atoms with Crippen LogP contribution in [0, 0.1) is 6.92 Å². The van der Waals surface area contributed by atoms with Crippen LogP contribution in [0.25, 0.3) is 0 Å². The van der Waals surface area contributed by atoms with E-state index in [4.69, 9.17) is 5.84 Å². The summed E-state index contributed by atoms with van der Waals surface area (Å²) in [7, 11) is 1.73. The third-order valence-electron chi connectivity index (χ3n) is 1.19. The average Bonchev–Trinajstić information content (AvgIpc) is 1.88. The molecule has 2 N–H and O–H groups in total. The number of rotatable bonds is 1. The fourth-order valence-electron chi connectivity index (χ4n) is 0.747. The molecule has 0 aliphatic carbocycles. The molecule has 1 heterocycles. The Hall–Kier alpha value is -1.16. The van der Waals surface area contributed by atoms with Gasteiger partial charge >= 0.3 is 0 Å². The van der Waals surface area contributed by atoms with E-state index >= 15 is 0 Å². The van der Waals surface area contributed by atoms with Crippen LogP contribution < -0.4 is 10.9 Å². The number of hydrogen-bond donors (Lipinski definition) is 1. The highest BCUT2D eigenvalue weighted by molar-refractivity contribution is 5.38. The van der Waals surface area contributed by atoms with E-state index in [1.165, 1.54) is 5.01 Å². The molecule has 4 nitrogen and oxygen atoms in total. The Labute approximate surface area is 59.7 Å². The van der Waals surface area contributed by atoms with Gasteiger partial charge in [0.15, 0.2) is 5.82 Å². The second kappa shape index (κ2) is 2.62. The van der Waals surface area contributed by atoms with Crippen molar-refractivity contribution < 1.29 is 0 Å². The van der Waals surface area contributed by atoms with Crippen LogP contribution in [0.2, 0.25) is 0 Å². The lowest BCUT2D eigenvalue weighted by atomic mass is 10.4. The SMILES string of the molecule is Cc1nccnc1N(C)N. The largest absolute Gasteiger partial charge is 0.296 e. The standard InChI is InChI=1S/C6H10N4/c1-5-6(10(2)7)9-4-3-8-5/h3-4H,7H2,1-2H3. The fraction of sp³-hybridized carbons (Fsp3) is 0.333. The van der Waals surface area contributed by atoms with E-state index < -0.39 is 0 Å². The van der Waals surface area contributed by atoms with Crippen LogP contribution in [0.5, 0.6) is 0 Å². The van der Waals surface area contributed by atoms with Crippen molar-refractivity contribution in [2.75, 3.05) is 12.1 Å². The molecule has 4 heteroatoms. The van der Waals surface area contributed by atoms with Crippen LogP contribution >= 0.6 is 0 Å². The smallest absolute Gasteiger partial charge is 0.163 e. The van der Waals surface area contributed by atoms with Gasteiger partial charge in [0.1, 0.15) is 0 Å². The van der Waals surface area contributed by atoms with E-state index in [1.807, 2.05) is 6.92 Å². The van der Waals surface area contributed by atoms with Gasteiger partial charge in [0.05, 0.1) is 5.69 Å². The molecule has 1 aromatic rings. The highest BCUT2D eigenvalue weighted by Crippen LogP contribution is 2.06. The van der Waals surface area contributed by atoms with Crippen LogP contribution in [0.1, 0.15) is 5.69 Å². The summed E-state index contributed by atoms with van der Waals surface area (Å²) in [6, 6.07) is 0. The fourth-order valence-corrected chi connectivity index (χ4v) is 0.747. The molecule has 0 amide bonds. The predicted octanol–water partition coefficient (Wildman–Crippen LogP) is 0.0949. The molecular weight excluding hydrogens is 128 g/mol. The van der Waals surface area contributed by atoms with Crippen LogP contribution in [0.4, 0.5) is 5.82 Å². The Morgan fingerprint density at radius 3 is 2.40 bits per heavy atom. The quantitative estimate of drug-likeness (QED) is 0.441. The first kappa shape index (κ1) is 6.95. The lowest BCUT2D eigenvalue weighted by Crippen LogP contribution is -2.27. The molecular formula is C6H10N4. The maximum absolute atomic E-state index is 5.45. The summed E-state index contributed by atoms with van der Waals surface area (Å²) in [6.45, 7) is 1.87. The molecule has 0 bridgehead atoms. The molecule has 0 radical (unpaired) electrons. The Morgan fingerprint density at radius 2 is 2.00 bits per heavy atom. The van der Waals surface area contributed by atoms with Crippen molar-refractivity contribution in [3.8, 4) is 0 Å². The minimum atomic E-state index is 0.711. The maximum atomic E-state index is 5.45. The zero-order chi connectivity index (χ0) is 7.56. The maximum Gasteiger partial charge on any atom is 0.163 e. The molecule has 0 atom stereocenters. The molecule has 0 fully saturated rings. The predicted molar refractivity (Wildman–Crippen MR) is 39.4 cm³/mol. The second-order valence-electron chi connectivity index (χ2n) is 2.08. The Balaban J connectivity index is 3.03. The van der Waals surface area contributed by atoms with E-state index in [-0.39, 0.29) is 0 Å². The zero-order valence-electron chi connectivity index (χ0n) is 6.07. The zero-order valence-corrected chi connectivity index (χ0v) is 6.07. The Bertz CT molecular complexity index is 221. The van der Waals surface area contributed by atoms with Gasteiger partial charge < -0.3 is 0 Å². The molecule has 10 heavy (non-hydrogen) atoms. The Kier molecular flexibility index (Phi) is 1.82. The summed E-state index contributed by atoms with van der Waals surface area (Å²) in [5, 5.41) is 1.45. The van der Waals surface area contributed by atoms with Gasteiger partial charge in [0, 0.05) is 19.4 Å². The lowest BCUT2D eigenvalue weighted by Gasteiger charge is -2.11.